The second-order valence-electron chi connectivity index (χ2n) is 6.55. The maximum atomic E-state index is 12.5. The summed E-state index contributed by atoms with van der Waals surface area (Å²) in [7, 11) is 0. The van der Waals surface area contributed by atoms with E-state index in [1.54, 1.807) is 0 Å². The molecular formula is C20H21N3O2S. The number of hydrogen-bond acceptors (Lipinski definition) is 5. The van der Waals surface area contributed by atoms with Gasteiger partial charge in [0.05, 0.1) is 12.5 Å². The molecule has 134 valence electrons. The van der Waals surface area contributed by atoms with Gasteiger partial charge >= 0.3 is 0 Å². The van der Waals surface area contributed by atoms with Gasteiger partial charge in [0, 0.05) is 10.6 Å². The Labute approximate surface area is 156 Å². The number of nitrogens with one attached hydrogen (secondary N) is 1. The number of nitrogens with two attached hydrogens (primary N) is 1. The molecule has 0 saturated carbocycles. The van der Waals surface area contributed by atoms with E-state index in [0.29, 0.717) is 18.8 Å². The molecule has 2 aromatic rings. The van der Waals surface area contributed by atoms with Gasteiger partial charge in [-0.25, -0.2) is 4.99 Å². The van der Waals surface area contributed by atoms with Crippen molar-refractivity contribution in [3.8, 4) is 10.8 Å². The van der Waals surface area contributed by atoms with E-state index in [4.69, 9.17) is 10.5 Å². The molecule has 1 aromatic carbocycles. The number of rotatable bonds is 5. The van der Waals surface area contributed by atoms with Gasteiger partial charge in [0.1, 0.15) is 11.6 Å². The molecule has 0 bridgehead atoms. The lowest BCUT2D eigenvalue weighted by Gasteiger charge is -2.21. The average molecular weight is 367 g/mol. The third-order valence-corrected chi connectivity index (χ3v) is 5.69. The molecule has 4 rings (SSSR count). The van der Waals surface area contributed by atoms with Crippen molar-refractivity contribution in [2.45, 2.75) is 32.2 Å². The molecule has 0 saturated heterocycles. The summed E-state index contributed by atoms with van der Waals surface area (Å²) >= 11 is 1.52. The average Bonchev–Trinajstić information content (AvgIpc) is 3.28. The number of amides is 1. The molecule has 1 aromatic heterocycles. The zero-order chi connectivity index (χ0) is 17.9. The van der Waals surface area contributed by atoms with Crippen molar-refractivity contribution in [3.63, 3.8) is 0 Å². The monoisotopic (exact) mass is 367 g/mol. The standard InChI is InChI=1S/C20H21N3O2S/c21-19-16(11-13-5-4-8-17(13)23-19)20(24)22-12-15-9-10-18(26-15)25-14-6-2-1-3-7-14/h1-3,6-7,9-10,16H,4-5,8,11-12H2,(H2,21,23)(H,22,24). The van der Waals surface area contributed by atoms with Gasteiger partial charge in [-0.05, 0) is 55.5 Å². The van der Waals surface area contributed by atoms with E-state index in [1.807, 2.05) is 42.5 Å². The van der Waals surface area contributed by atoms with E-state index >= 15 is 0 Å². The van der Waals surface area contributed by atoms with Crippen LogP contribution in [-0.2, 0) is 11.3 Å². The first-order valence-electron chi connectivity index (χ1n) is 8.83. The van der Waals surface area contributed by atoms with Gasteiger partial charge in [-0.3, -0.25) is 4.79 Å². The summed E-state index contributed by atoms with van der Waals surface area (Å²) < 4.78 is 5.81. The SMILES string of the molecule is NC1=NC2=C(CCC2)CC1C(=O)NCc1ccc(Oc2ccccc2)s1. The zero-order valence-electron chi connectivity index (χ0n) is 14.4. The highest BCUT2D eigenvalue weighted by Crippen LogP contribution is 2.35. The molecule has 26 heavy (non-hydrogen) atoms. The van der Waals surface area contributed by atoms with Crippen molar-refractivity contribution < 1.29 is 9.53 Å². The van der Waals surface area contributed by atoms with E-state index in [-0.39, 0.29) is 11.8 Å². The Kier molecular flexibility index (Phi) is 4.75. The van der Waals surface area contributed by atoms with Gasteiger partial charge in [0.15, 0.2) is 5.06 Å². The molecule has 1 aliphatic heterocycles. The van der Waals surface area contributed by atoms with Crippen molar-refractivity contribution in [1.82, 2.24) is 5.32 Å². The summed E-state index contributed by atoms with van der Waals surface area (Å²) in [5.74, 6) is 0.856. The van der Waals surface area contributed by atoms with Crippen LogP contribution in [0.5, 0.6) is 10.8 Å². The fourth-order valence-electron chi connectivity index (χ4n) is 3.37. The van der Waals surface area contributed by atoms with Gasteiger partial charge in [-0.15, -0.1) is 11.3 Å². The first-order valence-corrected chi connectivity index (χ1v) is 9.65. The number of carbonyl (C=O) groups excluding carboxylic acids is 1. The van der Waals surface area contributed by atoms with E-state index in [9.17, 15) is 4.79 Å². The maximum Gasteiger partial charge on any atom is 0.231 e. The van der Waals surface area contributed by atoms with Crippen LogP contribution in [0, 0.1) is 5.92 Å². The van der Waals surface area contributed by atoms with Crippen molar-refractivity contribution >= 4 is 23.1 Å². The number of para-hydroxylation sites is 1. The second-order valence-corrected chi connectivity index (χ2v) is 7.68. The number of nitrogens with zero attached hydrogens (tertiary/aromatic N) is 1. The smallest absolute Gasteiger partial charge is 0.231 e. The molecule has 2 aliphatic rings. The Morgan fingerprint density at radius 1 is 1.23 bits per heavy atom. The summed E-state index contributed by atoms with van der Waals surface area (Å²) in [5, 5.41) is 3.79. The van der Waals surface area contributed by atoms with Crippen LogP contribution >= 0.6 is 11.3 Å². The van der Waals surface area contributed by atoms with Crippen LogP contribution < -0.4 is 15.8 Å². The summed E-state index contributed by atoms with van der Waals surface area (Å²) in [6, 6.07) is 13.5. The van der Waals surface area contributed by atoms with Crippen molar-refractivity contribution in [2.24, 2.45) is 16.6 Å². The predicted molar refractivity (Wildman–Crippen MR) is 103 cm³/mol. The lowest BCUT2D eigenvalue weighted by molar-refractivity contribution is -0.123. The number of aliphatic imine (C=N–C) groups is 1. The van der Waals surface area contributed by atoms with E-state index in [2.05, 4.69) is 10.3 Å². The largest absolute Gasteiger partial charge is 0.447 e. The molecule has 1 amide bonds. The van der Waals surface area contributed by atoms with Gasteiger partial charge in [-0.2, -0.15) is 0 Å². The van der Waals surface area contributed by atoms with Crippen LogP contribution in [0.15, 0.2) is 58.7 Å². The molecule has 0 radical (unpaired) electrons. The molecule has 1 atom stereocenters. The number of hydrogen-bond donors (Lipinski definition) is 2. The first kappa shape index (κ1) is 16.8. The topological polar surface area (TPSA) is 76.7 Å². The van der Waals surface area contributed by atoms with E-state index in [1.165, 1.54) is 16.9 Å². The fraction of sp³-hybridized carbons (Fsp3) is 0.300. The number of carbonyl (C=O) groups is 1. The molecule has 1 aliphatic carbocycles. The normalized spacial score (nSPS) is 19.1. The summed E-state index contributed by atoms with van der Waals surface area (Å²) in [4.78, 5) is 18.0. The molecule has 5 nitrogen and oxygen atoms in total. The third-order valence-electron chi connectivity index (χ3n) is 4.72. The molecule has 3 N–H and O–H groups in total. The van der Waals surface area contributed by atoms with Crippen molar-refractivity contribution in [2.75, 3.05) is 0 Å². The van der Waals surface area contributed by atoms with Gasteiger partial charge in [0.2, 0.25) is 5.91 Å². The summed E-state index contributed by atoms with van der Waals surface area (Å²) in [6.45, 7) is 0.470. The molecule has 6 heteroatoms. The lowest BCUT2D eigenvalue weighted by atomic mass is 9.94. The number of thiophene rings is 1. The number of ether oxygens (including phenoxy) is 1. The predicted octanol–water partition coefficient (Wildman–Crippen LogP) is 3.97. The minimum Gasteiger partial charge on any atom is -0.447 e. The van der Waals surface area contributed by atoms with Crippen molar-refractivity contribution in [3.05, 3.63) is 58.6 Å². The maximum absolute atomic E-state index is 12.5. The Hall–Kier alpha value is -2.60. The Morgan fingerprint density at radius 3 is 2.92 bits per heavy atom. The second kappa shape index (κ2) is 7.33. The van der Waals surface area contributed by atoms with E-state index in [0.717, 1.165) is 40.6 Å². The highest BCUT2D eigenvalue weighted by Gasteiger charge is 2.30. The Morgan fingerprint density at radius 2 is 2.08 bits per heavy atom. The molecular weight excluding hydrogens is 346 g/mol. The zero-order valence-corrected chi connectivity index (χ0v) is 15.2. The molecule has 0 fully saturated rings. The summed E-state index contributed by atoms with van der Waals surface area (Å²) in [5.41, 5.74) is 8.44. The van der Waals surface area contributed by atoms with Crippen LogP contribution in [0.4, 0.5) is 0 Å². The third kappa shape index (κ3) is 3.65. The van der Waals surface area contributed by atoms with E-state index < -0.39 is 0 Å². The van der Waals surface area contributed by atoms with Crippen LogP contribution in [0.3, 0.4) is 0 Å². The molecule has 2 heterocycles. The number of amidine groups is 1. The van der Waals surface area contributed by atoms with Crippen LogP contribution in [-0.4, -0.2) is 11.7 Å². The Balaban J connectivity index is 1.33. The van der Waals surface area contributed by atoms with Crippen LogP contribution in [0.25, 0.3) is 0 Å². The minimum atomic E-state index is -0.341. The quantitative estimate of drug-likeness (QED) is 0.839. The van der Waals surface area contributed by atoms with Crippen LogP contribution in [0.1, 0.15) is 30.6 Å². The fourth-order valence-corrected chi connectivity index (χ4v) is 4.18. The van der Waals surface area contributed by atoms with Crippen molar-refractivity contribution in [1.29, 1.82) is 0 Å². The van der Waals surface area contributed by atoms with Gasteiger partial charge < -0.3 is 15.8 Å². The van der Waals surface area contributed by atoms with Gasteiger partial charge in [0.25, 0.3) is 0 Å². The van der Waals surface area contributed by atoms with Gasteiger partial charge in [-0.1, -0.05) is 18.2 Å². The highest BCUT2D eigenvalue weighted by atomic mass is 32.1. The van der Waals surface area contributed by atoms with Crippen LogP contribution in [0.2, 0.25) is 0 Å². The lowest BCUT2D eigenvalue weighted by Crippen LogP contribution is -2.40. The minimum absolute atomic E-state index is 0.0522. The number of allylic oxidation sites excluding steroid dienone is 2. The summed E-state index contributed by atoms with van der Waals surface area (Å²) in [6.07, 6.45) is 3.86. The Bertz CT molecular complexity index is 870. The highest BCUT2D eigenvalue weighted by molar-refractivity contribution is 7.13. The molecule has 1 unspecified atom stereocenters. The first-order chi connectivity index (χ1) is 12.7. The number of benzene rings is 1. The molecule has 0 spiro atoms.